The van der Waals surface area contributed by atoms with Crippen LogP contribution < -0.4 is 20.1 Å². The van der Waals surface area contributed by atoms with Gasteiger partial charge in [0.05, 0.1) is 25.2 Å². The molecule has 0 radical (unpaired) electrons. The van der Waals surface area contributed by atoms with Crippen molar-refractivity contribution < 1.29 is 23.6 Å². The van der Waals surface area contributed by atoms with Gasteiger partial charge in [0.2, 0.25) is 11.8 Å². The van der Waals surface area contributed by atoms with E-state index < -0.39 is 5.25 Å². The average molecular weight is 407 g/mol. The fraction of sp³-hybridized carbons (Fsp3) is 0.421. The highest BCUT2D eigenvalue weighted by Crippen LogP contribution is 2.27. The van der Waals surface area contributed by atoms with E-state index in [1.54, 1.807) is 34.1 Å². The van der Waals surface area contributed by atoms with Gasteiger partial charge in [-0.05, 0) is 38.0 Å². The van der Waals surface area contributed by atoms with Crippen molar-refractivity contribution in [2.75, 3.05) is 31.8 Å². The summed E-state index contributed by atoms with van der Waals surface area (Å²) in [6.45, 7) is 3.98. The molecule has 2 N–H and O–H groups in total. The Kier molecular flexibility index (Phi) is 8.19. The minimum Gasteiger partial charge on any atom is -0.493 e. The summed E-state index contributed by atoms with van der Waals surface area (Å²) in [5, 5.41) is 8.83. The standard InChI is InChI=1S/C19H25N3O5S/c1-12-9-17(22-27-12)21-19(24)13(2)28-11-18(23)20-8-7-14-5-6-15(25-3)16(10-14)26-4/h5-6,9-10,13H,7-8,11H2,1-4H3,(H,20,23)(H,21,22,24)/t13-/m1/s1. The molecular weight excluding hydrogens is 382 g/mol. The molecule has 9 heteroatoms. The Labute approximate surface area is 168 Å². The van der Waals surface area contributed by atoms with Crippen molar-refractivity contribution in [1.29, 1.82) is 0 Å². The van der Waals surface area contributed by atoms with Crippen LogP contribution in [0.1, 0.15) is 18.2 Å². The smallest absolute Gasteiger partial charge is 0.238 e. The second-order valence-electron chi connectivity index (χ2n) is 6.05. The maximum Gasteiger partial charge on any atom is 0.238 e. The fourth-order valence-corrected chi connectivity index (χ4v) is 3.08. The molecule has 0 saturated carbocycles. The molecule has 1 heterocycles. The minimum atomic E-state index is -0.395. The number of ether oxygens (including phenoxy) is 2. The van der Waals surface area contributed by atoms with Crippen molar-refractivity contribution in [3.8, 4) is 11.5 Å². The van der Waals surface area contributed by atoms with E-state index in [4.69, 9.17) is 14.0 Å². The zero-order valence-corrected chi connectivity index (χ0v) is 17.2. The summed E-state index contributed by atoms with van der Waals surface area (Å²) in [7, 11) is 3.17. The molecule has 0 bridgehead atoms. The van der Waals surface area contributed by atoms with E-state index in [1.165, 1.54) is 11.8 Å². The Morgan fingerprint density at radius 1 is 1.21 bits per heavy atom. The number of nitrogens with one attached hydrogen (secondary N) is 2. The lowest BCUT2D eigenvalue weighted by atomic mass is 10.1. The predicted octanol–water partition coefficient (Wildman–Crippen LogP) is 2.42. The summed E-state index contributed by atoms with van der Waals surface area (Å²) < 4.78 is 15.4. The van der Waals surface area contributed by atoms with E-state index in [0.717, 1.165) is 5.56 Å². The van der Waals surface area contributed by atoms with Crippen LogP contribution in [0.4, 0.5) is 5.82 Å². The largest absolute Gasteiger partial charge is 0.493 e. The van der Waals surface area contributed by atoms with Crippen molar-refractivity contribution >= 4 is 29.4 Å². The third-order valence-electron chi connectivity index (χ3n) is 3.90. The Morgan fingerprint density at radius 3 is 2.61 bits per heavy atom. The summed E-state index contributed by atoms with van der Waals surface area (Å²) in [6.07, 6.45) is 0.665. The summed E-state index contributed by atoms with van der Waals surface area (Å²) >= 11 is 1.26. The average Bonchev–Trinajstić information content (AvgIpc) is 3.10. The molecule has 1 aromatic carbocycles. The predicted molar refractivity (Wildman–Crippen MR) is 108 cm³/mol. The summed E-state index contributed by atoms with van der Waals surface area (Å²) in [5.74, 6) is 2.15. The van der Waals surface area contributed by atoms with Gasteiger partial charge in [0, 0.05) is 12.6 Å². The monoisotopic (exact) mass is 407 g/mol. The maximum atomic E-state index is 12.1. The van der Waals surface area contributed by atoms with Crippen LogP contribution in [0.3, 0.4) is 0 Å². The number of benzene rings is 1. The first-order chi connectivity index (χ1) is 13.4. The fourth-order valence-electron chi connectivity index (χ4n) is 2.36. The molecule has 0 aliphatic carbocycles. The number of rotatable bonds is 10. The van der Waals surface area contributed by atoms with E-state index in [2.05, 4.69) is 15.8 Å². The number of anilines is 1. The van der Waals surface area contributed by atoms with Crippen molar-refractivity contribution in [2.24, 2.45) is 0 Å². The molecule has 1 aromatic heterocycles. The third-order valence-corrected chi connectivity index (χ3v) is 5.04. The quantitative estimate of drug-likeness (QED) is 0.623. The van der Waals surface area contributed by atoms with Crippen LogP contribution >= 0.6 is 11.8 Å². The van der Waals surface area contributed by atoms with Crippen LogP contribution in [0.25, 0.3) is 0 Å². The lowest BCUT2D eigenvalue weighted by Gasteiger charge is -2.11. The van der Waals surface area contributed by atoms with E-state index >= 15 is 0 Å². The second-order valence-corrected chi connectivity index (χ2v) is 7.38. The van der Waals surface area contributed by atoms with E-state index in [-0.39, 0.29) is 17.6 Å². The molecule has 0 fully saturated rings. The molecule has 2 aromatic rings. The Hall–Kier alpha value is -2.68. The molecule has 2 amide bonds. The van der Waals surface area contributed by atoms with Gasteiger partial charge in [0.25, 0.3) is 0 Å². The summed E-state index contributed by atoms with van der Waals surface area (Å²) in [5.41, 5.74) is 1.03. The number of aromatic nitrogens is 1. The number of hydrogen-bond donors (Lipinski definition) is 2. The molecule has 0 aliphatic heterocycles. The molecule has 8 nitrogen and oxygen atoms in total. The van der Waals surface area contributed by atoms with Crippen LogP contribution in [0, 0.1) is 6.92 Å². The Balaban J connectivity index is 1.70. The Morgan fingerprint density at radius 2 is 1.96 bits per heavy atom. The number of hydrogen-bond acceptors (Lipinski definition) is 7. The van der Waals surface area contributed by atoms with Crippen molar-refractivity contribution in [3.05, 3.63) is 35.6 Å². The Bertz CT molecular complexity index is 809. The van der Waals surface area contributed by atoms with Crippen molar-refractivity contribution in [3.63, 3.8) is 0 Å². The molecule has 28 heavy (non-hydrogen) atoms. The molecule has 2 rings (SSSR count). The third kappa shape index (κ3) is 6.49. The highest BCUT2D eigenvalue weighted by molar-refractivity contribution is 8.01. The summed E-state index contributed by atoms with van der Waals surface area (Å²) in [6, 6.07) is 7.29. The van der Waals surface area contributed by atoms with Crippen LogP contribution in [0.15, 0.2) is 28.8 Å². The molecule has 0 aliphatic rings. The van der Waals surface area contributed by atoms with Crippen molar-refractivity contribution in [2.45, 2.75) is 25.5 Å². The van der Waals surface area contributed by atoms with Gasteiger partial charge in [-0.2, -0.15) is 0 Å². The number of carbonyl (C=O) groups excluding carboxylic acids is 2. The zero-order valence-electron chi connectivity index (χ0n) is 16.4. The number of nitrogens with zero attached hydrogens (tertiary/aromatic N) is 1. The van der Waals surface area contributed by atoms with Gasteiger partial charge in [0.1, 0.15) is 5.76 Å². The van der Waals surface area contributed by atoms with Crippen LogP contribution in [-0.2, 0) is 16.0 Å². The topological polar surface area (TPSA) is 103 Å². The molecule has 0 saturated heterocycles. The lowest BCUT2D eigenvalue weighted by molar-refractivity contribution is -0.118. The molecular formula is C19H25N3O5S. The normalized spacial score (nSPS) is 11.6. The van der Waals surface area contributed by atoms with Gasteiger partial charge in [-0.15, -0.1) is 11.8 Å². The lowest BCUT2D eigenvalue weighted by Crippen LogP contribution is -2.30. The highest BCUT2D eigenvalue weighted by atomic mass is 32.2. The van der Waals surface area contributed by atoms with Crippen molar-refractivity contribution in [1.82, 2.24) is 10.5 Å². The summed E-state index contributed by atoms with van der Waals surface area (Å²) in [4.78, 5) is 24.1. The highest BCUT2D eigenvalue weighted by Gasteiger charge is 2.16. The first-order valence-corrected chi connectivity index (χ1v) is 9.81. The van der Waals surface area contributed by atoms with E-state index in [9.17, 15) is 9.59 Å². The number of carbonyl (C=O) groups is 2. The van der Waals surface area contributed by atoms with Crippen LogP contribution in [0.2, 0.25) is 0 Å². The van der Waals surface area contributed by atoms with Gasteiger partial charge in [-0.3, -0.25) is 9.59 Å². The number of thioether (sulfide) groups is 1. The molecule has 152 valence electrons. The van der Waals surface area contributed by atoms with Gasteiger partial charge < -0.3 is 24.6 Å². The van der Waals surface area contributed by atoms with Gasteiger partial charge in [0.15, 0.2) is 17.3 Å². The number of methoxy groups -OCH3 is 2. The molecule has 1 atom stereocenters. The SMILES string of the molecule is COc1ccc(CCNC(=O)CS[C@H](C)C(=O)Nc2cc(C)on2)cc1OC. The van der Waals surface area contributed by atoms with Crippen LogP contribution in [-0.4, -0.2) is 48.7 Å². The van der Waals surface area contributed by atoms with Gasteiger partial charge in [-0.25, -0.2) is 0 Å². The van der Waals surface area contributed by atoms with Gasteiger partial charge >= 0.3 is 0 Å². The molecule has 0 unspecified atom stereocenters. The number of aryl methyl sites for hydroxylation is 1. The number of amides is 2. The van der Waals surface area contributed by atoms with E-state index in [0.29, 0.717) is 36.0 Å². The molecule has 0 spiro atoms. The minimum absolute atomic E-state index is 0.123. The second kappa shape index (κ2) is 10.6. The zero-order chi connectivity index (χ0) is 20.5. The first kappa shape index (κ1) is 21.6. The van der Waals surface area contributed by atoms with Gasteiger partial charge in [-0.1, -0.05) is 11.2 Å². The van der Waals surface area contributed by atoms with Crippen LogP contribution in [0.5, 0.6) is 11.5 Å². The maximum absolute atomic E-state index is 12.1. The first-order valence-electron chi connectivity index (χ1n) is 8.76. The van der Waals surface area contributed by atoms with E-state index in [1.807, 2.05) is 18.2 Å².